The summed E-state index contributed by atoms with van der Waals surface area (Å²) in [7, 11) is 0. The number of allylic oxidation sites excluding steroid dienone is 5. The third kappa shape index (κ3) is 4.64. The lowest BCUT2D eigenvalue weighted by molar-refractivity contribution is -0.519. The van der Waals surface area contributed by atoms with Crippen LogP contribution in [0.5, 0.6) is 0 Å². The second-order valence-electron chi connectivity index (χ2n) is 7.63. The standard InChI is InChI=1S/C28H35N2/c1-6-29(7-2)25-18-14-23(15-19-25)28(27-13-11-10-12-22(27)5)24-16-20-26(21-17-24)30(8-3)9-4/h10-21H,6-9H2,1-5H3/q+1. The maximum Gasteiger partial charge on any atom is 0.199 e. The summed E-state index contributed by atoms with van der Waals surface area (Å²) >= 11 is 0. The van der Waals surface area contributed by atoms with Crippen LogP contribution >= 0.6 is 0 Å². The van der Waals surface area contributed by atoms with Crippen molar-refractivity contribution in [3.8, 4) is 0 Å². The minimum Gasteiger partial charge on any atom is -0.372 e. The molecule has 30 heavy (non-hydrogen) atoms. The van der Waals surface area contributed by atoms with Gasteiger partial charge in [-0.05, 0) is 86.7 Å². The predicted octanol–water partition coefficient (Wildman–Crippen LogP) is 6.26. The van der Waals surface area contributed by atoms with Gasteiger partial charge in [0, 0.05) is 30.9 Å². The fourth-order valence-corrected chi connectivity index (χ4v) is 4.19. The Morgan fingerprint density at radius 2 is 1.37 bits per heavy atom. The molecule has 0 atom stereocenters. The van der Waals surface area contributed by atoms with Crippen LogP contribution in [0.1, 0.15) is 44.4 Å². The van der Waals surface area contributed by atoms with Crippen molar-refractivity contribution in [2.75, 3.05) is 31.1 Å². The number of hydrogen-bond acceptors (Lipinski definition) is 1. The molecule has 2 heteroatoms. The van der Waals surface area contributed by atoms with Gasteiger partial charge >= 0.3 is 0 Å². The quantitative estimate of drug-likeness (QED) is 0.498. The van der Waals surface area contributed by atoms with Crippen molar-refractivity contribution in [1.82, 2.24) is 0 Å². The van der Waals surface area contributed by atoms with Crippen LogP contribution in [0, 0.1) is 6.92 Å². The Kier molecular flexibility index (Phi) is 7.46. The molecule has 156 valence electrons. The van der Waals surface area contributed by atoms with E-state index in [2.05, 4.69) is 117 Å². The molecule has 3 rings (SSSR count). The zero-order chi connectivity index (χ0) is 21.5. The third-order valence-corrected chi connectivity index (χ3v) is 5.98. The van der Waals surface area contributed by atoms with Gasteiger partial charge in [0.05, 0.1) is 0 Å². The molecule has 0 fully saturated rings. The fraction of sp³-hybridized carbons (Fsp3) is 0.321. The van der Waals surface area contributed by atoms with Crippen LogP contribution in [0.2, 0.25) is 0 Å². The van der Waals surface area contributed by atoms with Gasteiger partial charge in [0.25, 0.3) is 0 Å². The highest BCUT2D eigenvalue weighted by Gasteiger charge is 2.15. The summed E-state index contributed by atoms with van der Waals surface area (Å²) in [6, 6.07) is 17.7. The predicted molar refractivity (Wildman–Crippen MR) is 132 cm³/mol. The summed E-state index contributed by atoms with van der Waals surface area (Å²) in [5.41, 5.74) is 8.98. The molecule has 0 aromatic heterocycles. The molecule has 0 heterocycles. The maximum absolute atomic E-state index is 2.39. The molecule has 0 N–H and O–H groups in total. The smallest absolute Gasteiger partial charge is 0.199 e. The number of nitrogens with zero attached hydrogens (tertiary/aromatic N) is 2. The van der Waals surface area contributed by atoms with Crippen LogP contribution in [-0.4, -0.2) is 36.5 Å². The van der Waals surface area contributed by atoms with Gasteiger partial charge in [-0.15, -0.1) is 0 Å². The summed E-state index contributed by atoms with van der Waals surface area (Å²) in [5.74, 6) is 0. The number of aryl methyl sites for hydroxylation is 1. The second-order valence-corrected chi connectivity index (χ2v) is 7.63. The van der Waals surface area contributed by atoms with Crippen molar-refractivity contribution in [3.63, 3.8) is 0 Å². The normalized spacial score (nSPS) is 13.0. The Morgan fingerprint density at radius 1 is 0.767 bits per heavy atom. The number of anilines is 1. The van der Waals surface area contributed by atoms with Crippen molar-refractivity contribution in [2.24, 2.45) is 0 Å². The molecule has 2 aromatic rings. The van der Waals surface area contributed by atoms with E-state index in [1.54, 1.807) is 0 Å². The van der Waals surface area contributed by atoms with Crippen LogP contribution in [0.3, 0.4) is 0 Å². The summed E-state index contributed by atoms with van der Waals surface area (Å²) in [6.07, 6.45) is 9.05. The highest BCUT2D eigenvalue weighted by atomic mass is 15.1. The Morgan fingerprint density at radius 3 is 1.90 bits per heavy atom. The first-order valence-electron chi connectivity index (χ1n) is 11.3. The molecular weight excluding hydrogens is 364 g/mol. The second kappa shape index (κ2) is 10.2. The fourth-order valence-electron chi connectivity index (χ4n) is 4.19. The largest absolute Gasteiger partial charge is 0.372 e. The Hall–Kier alpha value is -2.87. The highest BCUT2D eigenvalue weighted by molar-refractivity contribution is 6.04. The first-order chi connectivity index (χ1) is 14.6. The minimum atomic E-state index is 1.02. The molecule has 1 aliphatic carbocycles. The Bertz CT molecular complexity index is 960. The van der Waals surface area contributed by atoms with Gasteiger partial charge in [-0.3, -0.25) is 0 Å². The van der Waals surface area contributed by atoms with E-state index in [4.69, 9.17) is 0 Å². The number of rotatable bonds is 7. The van der Waals surface area contributed by atoms with Crippen LogP contribution in [0.15, 0.2) is 78.4 Å². The van der Waals surface area contributed by atoms with Gasteiger partial charge in [-0.2, -0.15) is 0 Å². The molecule has 0 saturated heterocycles. The van der Waals surface area contributed by atoms with Crippen molar-refractivity contribution in [2.45, 2.75) is 34.6 Å². The van der Waals surface area contributed by atoms with E-state index in [-0.39, 0.29) is 0 Å². The van der Waals surface area contributed by atoms with Crippen molar-refractivity contribution < 1.29 is 4.58 Å². The zero-order valence-corrected chi connectivity index (χ0v) is 19.2. The van der Waals surface area contributed by atoms with E-state index >= 15 is 0 Å². The van der Waals surface area contributed by atoms with E-state index in [9.17, 15) is 0 Å². The molecule has 0 bridgehead atoms. The number of benzene rings is 2. The van der Waals surface area contributed by atoms with Crippen LogP contribution in [0.25, 0.3) is 5.57 Å². The molecule has 1 aliphatic rings. The zero-order valence-electron chi connectivity index (χ0n) is 19.2. The van der Waals surface area contributed by atoms with Crippen LogP contribution in [-0.2, 0) is 0 Å². The Balaban J connectivity index is 2.11. The molecule has 0 saturated carbocycles. The minimum absolute atomic E-state index is 1.02. The van der Waals surface area contributed by atoms with E-state index in [1.165, 1.54) is 39.2 Å². The van der Waals surface area contributed by atoms with E-state index < -0.39 is 0 Å². The molecule has 2 nitrogen and oxygen atoms in total. The van der Waals surface area contributed by atoms with Crippen LogP contribution in [0.4, 0.5) is 5.69 Å². The molecule has 0 unspecified atom stereocenters. The Labute approximate surface area is 182 Å². The lowest BCUT2D eigenvalue weighted by Gasteiger charge is -2.22. The molecule has 0 spiro atoms. The molecule has 0 radical (unpaired) electrons. The number of hydrogen-bond donors (Lipinski definition) is 0. The molecular formula is C28H35N2+. The summed E-state index contributed by atoms with van der Waals surface area (Å²) in [5, 5.41) is 0. The SMILES string of the molecule is CCN(CC)c1ccc(C(=C2C=CC(=[N+](CC)CC)C=C2)c2ccccc2C)cc1. The average Bonchev–Trinajstić information content (AvgIpc) is 2.79. The van der Waals surface area contributed by atoms with E-state index in [0.29, 0.717) is 0 Å². The lowest BCUT2D eigenvalue weighted by atomic mass is 9.88. The van der Waals surface area contributed by atoms with Gasteiger partial charge < -0.3 is 4.90 Å². The first-order valence-corrected chi connectivity index (χ1v) is 11.3. The molecule has 2 aromatic carbocycles. The van der Waals surface area contributed by atoms with Crippen LogP contribution < -0.4 is 4.90 Å². The van der Waals surface area contributed by atoms with Crippen molar-refractivity contribution in [3.05, 3.63) is 95.1 Å². The summed E-state index contributed by atoms with van der Waals surface area (Å²) in [6.45, 7) is 15.1. The summed E-state index contributed by atoms with van der Waals surface area (Å²) in [4.78, 5) is 2.39. The van der Waals surface area contributed by atoms with Gasteiger partial charge in [0.15, 0.2) is 5.71 Å². The van der Waals surface area contributed by atoms with Crippen molar-refractivity contribution >= 4 is 17.0 Å². The van der Waals surface area contributed by atoms with Gasteiger partial charge in [0.2, 0.25) is 0 Å². The van der Waals surface area contributed by atoms with E-state index in [0.717, 1.165) is 26.2 Å². The average molecular weight is 400 g/mol. The topological polar surface area (TPSA) is 6.25 Å². The van der Waals surface area contributed by atoms with Gasteiger partial charge in [-0.1, -0.05) is 36.4 Å². The van der Waals surface area contributed by atoms with Crippen molar-refractivity contribution in [1.29, 1.82) is 0 Å². The first kappa shape index (κ1) is 21.8. The summed E-state index contributed by atoms with van der Waals surface area (Å²) < 4.78 is 2.39. The maximum atomic E-state index is 2.39. The molecule has 0 aliphatic heterocycles. The lowest BCUT2D eigenvalue weighted by Crippen LogP contribution is -2.21. The van der Waals surface area contributed by atoms with E-state index in [1.807, 2.05) is 0 Å². The van der Waals surface area contributed by atoms with Gasteiger partial charge in [-0.25, -0.2) is 4.58 Å². The monoisotopic (exact) mass is 399 g/mol. The third-order valence-electron chi connectivity index (χ3n) is 5.98. The highest BCUT2D eigenvalue weighted by Crippen LogP contribution is 2.32. The van der Waals surface area contributed by atoms with Gasteiger partial charge in [0.1, 0.15) is 13.1 Å². The molecule has 0 amide bonds.